The highest BCUT2D eigenvalue weighted by Crippen LogP contribution is 2.12. The van der Waals surface area contributed by atoms with Gasteiger partial charge in [0, 0.05) is 38.8 Å². The smallest absolute Gasteiger partial charge is 0.410 e. The van der Waals surface area contributed by atoms with Crippen LogP contribution in [0.1, 0.15) is 53.9 Å². The van der Waals surface area contributed by atoms with Gasteiger partial charge in [0.1, 0.15) is 5.60 Å². The third kappa shape index (κ3) is 11.1. The normalized spacial score (nSPS) is 15.1. The fourth-order valence-corrected chi connectivity index (χ4v) is 3.02. The first-order valence-electron chi connectivity index (χ1n) is 10.6. The molecule has 0 aromatic carbocycles. The number of nitrogens with zero attached hydrogens (tertiary/aromatic N) is 3. The molecule has 0 atom stereocenters. The number of carbonyl (C=O) groups excluding carboxylic acids is 2. The average molecular weight is 541 g/mol. The second-order valence-electron chi connectivity index (χ2n) is 8.10. The van der Waals surface area contributed by atoms with Crippen molar-refractivity contribution in [3.05, 3.63) is 0 Å². The highest BCUT2D eigenvalue weighted by Gasteiger charge is 2.24. The Balaban J connectivity index is 0.00000841. The lowest BCUT2D eigenvalue weighted by Crippen LogP contribution is -2.50. The van der Waals surface area contributed by atoms with Crippen LogP contribution in [0.25, 0.3) is 0 Å². The van der Waals surface area contributed by atoms with Crippen molar-refractivity contribution in [2.45, 2.75) is 65.5 Å². The first-order chi connectivity index (χ1) is 13.7. The van der Waals surface area contributed by atoms with E-state index in [1.165, 1.54) is 7.11 Å². The molecule has 0 unspecified atom stereocenters. The highest BCUT2D eigenvalue weighted by molar-refractivity contribution is 14.0. The molecule has 1 fully saturated rings. The Morgan fingerprint density at radius 1 is 1.17 bits per heavy atom. The van der Waals surface area contributed by atoms with Crippen LogP contribution in [0.15, 0.2) is 4.99 Å². The summed E-state index contributed by atoms with van der Waals surface area (Å²) in [6, 6.07) is 0.242. The molecule has 1 rings (SSSR count). The summed E-state index contributed by atoms with van der Waals surface area (Å²) in [4.78, 5) is 32.0. The van der Waals surface area contributed by atoms with E-state index >= 15 is 0 Å². The molecule has 0 radical (unpaired) electrons. The quantitative estimate of drug-likeness (QED) is 0.292. The number of piperidine rings is 1. The van der Waals surface area contributed by atoms with Crippen molar-refractivity contribution in [2.75, 3.05) is 46.4 Å². The fraction of sp³-hybridized carbons (Fsp3) is 0.850. The van der Waals surface area contributed by atoms with E-state index in [1.807, 2.05) is 34.6 Å². The molecule has 0 bridgehead atoms. The van der Waals surface area contributed by atoms with Gasteiger partial charge in [-0.05, 0) is 47.0 Å². The molecule has 1 heterocycles. The van der Waals surface area contributed by atoms with E-state index in [-0.39, 0.29) is 42.2 Å². The van der Waals surface area contributed by atoms with Gasteiger partial charge < -0.3 is 29.9 Å². The van der Waals surface area contributed by atoms with Crippen LogP contribution in [0.2, 0.25) is 0 Å². The van der Waals surface area contributed by atoms with Crippen molar-refractivity contribution >= 4 is 42.1 Å². The topological polar surface area (TPSA) is 95.5 Å². The summed E-state index contributed by atoms with van der Waals surface area (Å²) in [5.41, 5.74) is -0.512. The zero-order valence-corrected chi connectivity index (χ0v) is 21.7. The lowest BCUT2D eigenvalue weighted by atomic mass is 10.1. The maximum Gasteiger partial charge on any atom is 0.410 e. The number of likely N-dealkylation sites (tertiary alicyclic amines) is 1. The van der Waals surface area contributed by atoms with E-state index in [4.69, 9.17) is 9.47 Å². The van der Waals surface area contributed by atoms with Gasteiger partial charge in [0.15, 0.2) is 5.96 Å². The SMILES string of the molecule is CCCN(CCN=C(NCC)NC1CCN(C(=O)OC)CC1)C(=O)OC(C)(C)C.I. The molecule has 0 aromatic rings. The van der Waals surface area contributed by atoms with Crippen molar-refractivity contribution < 1.29 is 19.1 Å². The number of halogens is 1. The van der Waals surface area contributed by atoms with Crippen molar-refractivity contribution in [1.29, 1.82) is 0 Å². The minimum Gasteiger partial charge on any atom is -0.453 e. The number of ether oxygens (including phenoxy) is 2. The summed E-state index contributed by atoms with van der Waals surface area (Å²) < 4.78 is 10.3. The molecule has 176 valence electrons. The summed E-state index contributed by atoms with van der Waals surface area (Å²) in [7, 11) is 1.40. The number of hydrogen-bond acceptors (Lipinski definition) is 5. The molecule has 2 N–H and O–H groups in total. The predicted molar refractivity (Wildman–Crippen MR) is 130 cm³/mol. The van der Waals surface area contributed by atoms with Crippen LogP contribution in [-0.4, -0.2) is 86.0 Å². The third-order valence-corrected chi connectivity index (χ3v) is 4.40. The minimum absolute atomic E-state index is 0. The molecule has 1 aliphatic rings. The number of aliphatic imine (C=N–C) groups is 1. The first kappa shape index (κ1) is 28.5. The monoisotopic (exact) mass is 541 g/mol. The summed E-state index contributed by atoms with van der Waals surface area (Å²) >= 11 is 0. The zero-order valence-electron chi connectivity index (χ0n) is 19.3. The Morgan fingerprint density at radius 3 is 2.30 bits per heavy atom. The molecular weight excluding hydrogens is 501 g/mol. The van der Waals surface area contributed by atoms with Gasteiger partial charge in [0.05, 0.1) is 13.7 Å². The standard InChI is InChI=1S/C20H39N5O4.HI/c1-7-12-24(19(27)29-20(3,4)5)15-11-22-17(21-8-2)23-16-9-13-25(14-10-16)18(26)28-6;/h16H,7-15H2,1-6H3,(H2,21,22,23);1H. The van der Waals surface area contributed by atoms with E-state index in [9.17, 15) is 9.59 Å². The van der Waals surface area contributed by atoms with Crippen LogP contribution < -0.4 is 10.6 Å². The van der Waals surface area contributed by atoms with E-state index in [0.29, 0.717) is 32.7 Å². The summed E-state index contributed by atoms with van der Waals surface area (Å²) in [5.74, 6) is 0.727. The van der Waals surface area contributed by atoms with Gasteiger partial charge >= 0.3 is 12.2 Å². The molecular formula is C20H40IN5O4. The number of guanidine groups is 1. The van der Waals surface area contributed by atoms with Crippen LogP contribution >= 0.6 is 24.0 Å². The van der Waals surface area contributed by atoms with E-state index in [2.05, 4.69) is 15.6 Å². The number of hydrogen-bond donors (Lipinski definition) is 2. The molecule has 9 nitrogen and oxygen atoms in total. The van der Waals surface area contributed by atoms with Crippen LogP contribution in [0.3, 0.4) is 0 Å². The largest absolute Gasteiger partial charge is 0.453 e. The van der Waals surface area contributed by atoms with Crippen molar-refractivity contribution in [3.63, 3.8) is 0 Å². The lowest BCUT2D eigenvalue weighted by Gasteiger charge is -2.32. The Bertz CT molecular complexity index is 546. The number of rotatable bonds is 7. The average Bonchev–Trinajstić information content (AvgIpc) is 2.66. The van der Waals surface area contributed by atoms with E-state index < -0.39 is 5.60 Å². The van der Waals surface area contributed by atoms with Gasteiger partial charge in [-0.3, -0.25) is 4.99 Å². The van der Waals surface area contributed by atoms with Gasteiger partial charge in [0.2, 0.25) is 0 Å². The number of nitrogens with one attached hydrogen (secondary N) is 2. The maximum atomic E-state index is 12.4. The summed E-state index contributed by atoms with van der Waals surface area (Å²) in [5, 5.41) is 6.68. The maximum absolute atomic E-state index is 12.4. The van der Waals surface area contributed by atoms with Crippen LogP contribution in [0.5, 0.6) is 0 Å². The van der Waals surface area contributed by atoms with Crippen molar-refractivity contribution in [2.24, 2.45) is 4.99 Å². The second-order valence-corrected chi connectivity index (χ2v) is 8.10. The Labute approximate surface area is 198 Å². The number of methoxy groups -OCH3 is 1. The van der Waals surface area contributed by atoms with Crippen LogP contribution in [0.4, 0.5) is 9.59 Å². The molecule has 10 heteroatoms. The molecule has 1 aliphatic heterocycles. The van der Waals surface area contributed by atoms with E-state index in [0.717, 1.165) is 31.8 Å². The van der Waals surface area contributed by atoms with Crippen molar-refractivity contribution in [1.82, 2.24) is 20.4 Å². The second kappa shape index (κ2) is 14.5. The Kier molecular flexibility index (Phi) is 13.8. The Morgan fingerprint density at radius 2 is 1.80 bits per heavy atom. The van der Waals surface area contributed by atoms with Gasteiger partial charge in [0.25, 0.3) is 0 Å². The Hall–Kier alpha value is -1.46. The molecule has 0 saturated carbocycles. The molecule has 1 saturated heterocycles. The molecule has 2 amide bonds. The molecule has 0 aromatic heterocycles. The summed E-state index contributed by atoms with van der Waals surface area (Å²) in [6.07, 6.45) is 1.95. The van der Waals surface area contributed by atoms with Gasteiger partial charge in [-0.15, -0.1) is 24.0 Å². The van der Waals surface area contributed by atoms with Gasteiger partial charge in [-0.25, -0.2) is 9.59 Å². The van der Waals surface area contributed by atoms with Crippen molar-refractivity contribution in [3.8, 4) is 0 Å². The fourth-order valence-electron chi connectivity index (χ4n) is 3.02. The first-order valence-corrected chi connectivity index (χ1v) is 10.6. The van der Waals surface area contributed by atoms with Crippen LogP contribution in [0, 0.1) is 0 Å². The zero-order chi connectivity index (χ0) is 21.9. The number of amides is 2. The van der Waals surface area contributed by atoms with E-state index in [1.54, 1.807) is 9.80 Å². The third-order valence-electron chi connectivity index (χ3n) is 4.40. The summed E-state index contributed by atoms with van der Waals surface area (Å²) in [6.45, 7) is 13.3. The highest BCUT2D eigenvalue weighted by atomic mass is 127. The number of carbonyl (C=O) groups is 2. The van der Waals surface area contributed by atoms with Gasteiger partial charge in [-0.1, -0.05) is 6.92 Å². The minimum atomic E-state index is -0.512. The molecule has 0 aliphatic carbocycles. The molecule has 30 heavy (non-hydrogen) atoms. The van der Waals surface area contributed by atoms with Crippen LogP contribution in [-0.2, 0) is 9.47 Å². The predicted octanol–water partition coefficient (Wildman–Crippen LogP) is 3.04. The van der Waals surface area contributed by atoms with Gasteiger partial charge in [-0.2, -0.15) is 0 Å². The lowest BCUT2D eigenvalue weighted by molar-refractivity contribution is 0.0255. The molecule has 0 spiro atoms.